The second-order valence-electron chi connectivity index (χ2n) is 9.33. The summed E-state index contributed by atoms with van der Waals surface area (Å²) in [5.41, 5.74) is 1.05. The highest BCUT2D eigenvalue weighted by Gasteiger charge is 2.30. The largest absolute Gasteiger partial charge is 0.464 e. The lowest BCUT2D eigenvalue weighted by molar-refractivity contribution is -0.136. The van der Waals surface area contributed by atoms with Crippen LogP contribution in [0.5, 0.6) is 11.6 Å². The normalized spacial score (nSPS) is 11.7. The molecule has 0 aliphatic carbocycles. The second-order valence-corrected chi connectivity index (χ2v) is 9.77. The van der Waals surface area contributed by atoms with Crippen LogP contribution in [-0.2, 0) is 14.3 Å². The number of fused-ring (bicyclic) bond motifs is 1. The first-order chi connectivity index (χ1) is 18.1. The van der Waals surface area contributed by atoms with Crippen molar-refractivity contribution in [1.82, 2.24) is 4.98 Å². The molecule has 4 aromatic rings. The van der Waals surface area contributed by atoms with Gasteiger partial charge in [-0.3, -0.25) is 0 Å². The molecule has 3 aromatic carbocycles. The van der Waals surface area contributed by atoms with Crippen molar-refractivity contribution in [2.75, 3.05) is 12.0 Å². The molecular weight excluding hydrogens is 504 g/mol. The average molecular weight is 531 g/mol. The van der Waals surface area contributed by atoms with Gasteiger partial charge in [0.05, 0.1) is 18.3 Å². The van der Waals surface area contributed by atoms with Crippen LogP contribution < -0.4 is 9.64 Å². The van der Waals surface area contributed by atoms with Crippen LogP contribution in [-0.4, -0.2) is 29.8 Å². The molecule has 8 heteroatoms. The summed E-state index contributed by atoms with van der Waals surface area (Å²) in [6.07, 6.45) is 0.882. The molecule has 0 spiro atoms. The summed E-state index contributed by atoms with van der Waals surface area (Å²) in [5.74, 6) is 0.356. The molecule has 0 atom stereocenters. The third-order valence-electron chi connectivity index (χ3n) is 5.25. The zero-order valence-electron chi connectivity index (χ0n) is 21.5. The quantitative estimate of drug-likeness (QED) is 0.188. The number of carbonyl (C=O) groups excluding carboxylic acids is 2. The monoisotopic (exact) mass is 530 g/mol. The third-order valence-corrected chi connectivity index (χ3v) is 5.51. The number of ether oxygens (including phenoxy) is 3. The molecule has 0 unspecified atom stereocenters. The van der Waals surface area contributed by atoms with E-state index < -0.39 is 17.7 Å². The number of methoxy groups -OCH3 is 1. The van der Waals surface area contributed by atoms with Crippen LogP contribution in [0.3, 0.4) is 0 Å². The Labute approximate surface area is 226 Å². The lowest BCUT2D eigenvalue weighted by Gasteiger charge is -2.28. The number of pyridine rings is 1. The van der Waals surface area contributed by atoms with Gasteiger partial charge in [-0.25, -0.2) is 19.5 Å². The first-order valence-corrected chi connectivity index (χ1v) is 12.2. The van der Waals surface area contributed by atoms with E-state index in [9.17, 15) is 9.59 Å². The SMILES string of the molecule is COC(=O)C(=Cc1ccc2nc(Oc3ccc(Cl)cc3)ccc2c1)N(C(=O)OC(C)(C)C)c1ccccc1. The minimum atomic E-state index is -0.772. The molecule has 0 saturated heterocycles. The van der Waals surface area contributed by atoms with Crippen molar-refractivity contribution in [1.29, 1.82) is 0 Å². The Morgan fingerprint density at radius 3 is 2.29 bits per heavy atom. The van der Waals surface area contributed by atoms with Crippen LogP contribution in [0.15, 0.2) is 90.6 Å². The van der Waals surface area contributed by atoms with Gasteiger partial charge in [-0.15, -0.1) is 0 Å². The number of nitrogens with zero attached hydrogens (tertiary/aromatic N) is 2. The fraction of sp³-hybridized carbons (Fsp3) is 0.167. The maximum atomic E-state index is 13.3. The van der Waals surface area contributed by atoms with Crippen molar-refractivity contribution < 1.29 is 23.8 Å². The standard InChI is InChI=1S/C30H27ClN2O5/c1-30(2,3)38-29(35)33(23-8-6-5-7-9-23)26(28(34)36-4)19-20-10-16-25-21(18-20)11-17-27(32-25)37-24-14-12-22(31)13-15-24/h5-19H,1-4H3. The number of para-hydroxylation sites is 1. The van der Waals surface area contributed by atoms with E-state index in [-0.39, 0.29) is 5.70 Å². The topological polar surface area (TPSA) is 78.0 Å². The number of carbonyl (C=O) groups is 2. The van der Waals surface area contributed by atoms with Crippen LogP contribution in [0.1, 0.15) is 26.3 Å². The molecule has 4 rings (SSSR count). The first-order valence-electron chi connectivity index (χ1n) is 11.9. The van der Waals surface area contributed by atoms with Gasteiger partial charge in [0.1, 0.15) is 17.0 Å². The minimum absolute atomic E-state index is 0.00273. The molecule has 1 amide bonds. The molecule has 1 aromatic heterocycles. The maximum absolute atomic E-state index is 13.3. The van der Waals surface area contributed by atoms with Crippen LogP contribution in [0.4, 0.5) is 10.5 Å². The zero-order valence-corrected chi connectivity index (χ0v) is 22.2. The van der Waals surface area contributed by atoms with E-state index in [0.29, 0.717) is 33.4 Å². The highest BCUT2D eigenvalue weighted by atomic mass is 35.5. The average Bonchev–Trinajstić information content (AvgIpc) is 2.89. The minimum Gasteiger partial charge on any atom is -0.464 e. The van der Waals surface area contributed by atoms with Gasteiger partial charge in [0.25, 0.3) is 0 Å². The Bertz CT molecular complexity index is 1480. The number of esters is 1. The second kappa shape index (κ2) is 11.4. The molecule has 194 valence electrons. The number of halogens is 1. The highest BCUT2D eigenvalue weighted by Crippen LogP contribution is 2.28. The molecule has 0 saturated carbocycles. The van der Waals surface area contributed by atoms with Crippen LogP contribution >= 0.6 is 11.6 Å². The Morgan fingerprint density at radius 1 is 0.921 bits per heavy atom. The van der Waals surface area contributed by atoms with E-state index in [2.05, 4.69) is 4.98 Å². The highest BCUT2D eigenvalue weighted by molar-refractivity contribution is 6.30. The molecule has 1 heterocycles. The van der Waals surface area contributed by atoms with Gasteiger partial charge in [0.2, 0.25) is 5.88 Å². The van der Waals surface area contributed by atoms with Gasteiger partial charge in [-0.2, -0.15) is 0 Å². The molecule has 0 aliphatic rings. The van der Waals surface area contributed by atoms with Gasteiger partial charge in [0, 0.05) is 16.5 Å². The molecule has 0 radical (unpaired) electrons. The summed E-state index contributed by atoms with van der Waals surface area (Å²) < 4.78 is 16.5. The van der Waals surface area contributed by atoms with Crippen molar-refractivity contribution in [3.63, 3.8) is 0 Å². The number of hydrogen-bond acceptors (Lipinski definition) is 6. The van der Waals surface area contributed by atoms with Crippen molar-refractivity contribution in [2.24, 2.45) is 0 Å². The van der Waals surface area contributed by atoms with E-state index in [4.69, 9.17) is 25.8 Å². The number of rotatable bonds is 6. The van der Waals surface area contributed by atoms with Crippen molar-refractivity contribution >= 4 is 46.3 Å². The van der Waals surface area contributed by atoms with Crippen molar-refractivity contribution in [3.8, 4) is 11.6 Å². The summed E-state index contributed by atoms with van der Waals surface area (Å²) >= 11 is 5.94. The van der Waals surface area contributed by atoms with Crippen LogP contribution in [0, 0.1) is 0 Å². The lowest BCUT2D eigenvalue weighted by atomic mass is 10.1. The molecule has 7 nitrogen and oxygen atoms in total. The smallest absolute Gasteiger partial charge is 0.419 e. The van der Waals surface area contributed by atoms with Gasteiger partial charge < -0.3 is 14.2 Å². The Morgan fingerprint density at radius 2 is 1.63 bits per heavy atom. The fourth-order valence-electron chi connectivity index (χ4n) is 3.60. The van der Waals surface area contributed by atoms with Gasteiger partial charge in [-0.05, 0) is 87.0 Å². The molecule has 0 N–H and O–H groups in total. The maximum Gasteiger partial charge on any atom is 0.419 e. The summed E-state index contributed by atoms with van der Waals surface area (Å²) in [7, 11) is 1.26. The Kier molecular flexibility index (Phi) is 7.98. The third kappa shape index (κ3) is 6.69. The van der Waals surface area contributed by atoms with E-state index >= 15 is 0 Å². The Hall–Kier alpha value is -4.36. The lowest BCUT2D eigenvalue weighted by Crippen LogP contribution is -2.38. The van der Waals surface area contributed by atoms with Gasteiger partial charge >= 0.3 is 12.1 Å². The van der Waals surface area contributed by atoms with E-state index in [1.165, 1.54) is 12.0 Å². The molecule has 38 heavy (non-hydrogen) atoms. The number of aromatic nitrogens is 1. The summed E-state index contributed by atoms with van der Waals surface area (Å²) in [4.78, 5) is 32.0. The Balaban J connectivity index is 1.71. The molecular formula is C30H27ClN2O5. The molecule has 0 bridgehead atoms. The van der Waals surface area contributed by atoms with Crippen molar-refractivity contribution in [3.05, 3.63) is 101 Å². The number of hydrogen-bond donors (Lipinski definition) is 0. The predicted molar refractivity (Wildman–Crippen MR) is 148 cm³/mol. The van der Waals surface area contributed by atoms with Crippen LogP contribution in [0.25, 0.3) is 17.0 Å². The van der Waals surface area contributed by atoms with Gasteiger partial charge in [-0.1, -0.05) is 35.9 Å². The van der Waals surface area contributed by atoms with E-state index in [1.54, 1.807) is 87.5 Å². The molecule has 0 fully saturated rings. The first kappa shape index (κ1) is 26.7. The summed E-state index contributed by atoms with van der Waals surface area (Å²) in [6.45, 7) is 5.28. The molecule has 0 aliphatic heterocycles. The van der Waals surface area contributed by atoms with E-state index in [1.807, 2.05) is 24.3 Å². The predicted octanol–water partition coefficient (Wildman–Crippen LogP) is 7.64. The number of benzene rings is 3. The number of anilines is 1. The van der Waals surface area contributed by atoms with Gasteiger partial charge in [0.15, 0.2) is 0 Å². The zero-order chi connectivity index (χ0) is 27.3. The van der Waals surface area contributed by atoms with E-state index in [0.717, 1.165) is 5.39 Å². The summed E-state index contributed by atoms with van der Waals surface area (Å²) in [5, 5.41) is 1.43. The fourth-order valence-corrected chi connectivity index (χ4v) is 3.73. The number of amides is 1. The summed E-state index contributed by atoms with van der Waals surface area (Å²) in [6, 6.07) is 24.9. The van der Waals surface area contributed by atoms with Crippen molar-refractivity contribution in [2.45, 2.75) is 26.4 Å². The van der Waals surface area contributed by atoms with Crippen LogP contribution in [0.2, 0.25) is 5.02 Å².